The Kier molecular flexibility index (Phi) is 2.67. The van der Waals surface area contributed by atoms with Crippen molar-refractivity contribution in [1.82, 2.24) is 0 Å². The van der Waals surface area contributed by atoms with E-state index in [1.165, 1.54) is 0 Å². The van der Waals surface area contributed by atoms with Gasteiger partial charge in [-0.2, -0.15) is 0 Å². The van der Waals surface area contributed by atoms with E-state index in [-0.39, 0.29) is 17.7 Å². The van der Waals surface area contributed by atoms with Gasteiger partial charge in [0.05, 0.1) is 11.8 Å². The molecule has 0 heterocycles. The van der Waals surface area contributed by atoms with Crippen molar-refractivity contribution in [3.8, 4) is 0 Å². The number of rotatable bonds is 3. The van der Waals surface area contributed by atoms with E-state index in [0.29, 0.717) is 11.8 Å². The molecule has 5 rings (SSSR count). The molecule has 1 amide bonds. The van der Waals surface area contributed by atoms with Crippen molar-refractivity contribution >= 4 is 17.6 Å². The minimum absolute atomic E-state index is 0.0315. The highest BCUT2D eigenvalue weighted by Gasteiger charge is 2.62. The van der Waals surface area contributed by atoms with Crippen molar-refractivity contribution in [2.24, 2.45) is 35.5 Å². The first-order chi connectivity index (χ1) is 10.2. The van der Waals surface area contributed by atoms with Gasteiger partial charge in [-0.05, 0) is 42.2 Å². The molecule has 0 aromatic heterocycles. The normalized spacial score (nSPS) is 38.7. The van der Waals surface area contributed by atoms with E-state index < -0.39 is 17.8 Å². The van der Waals surface area contributed by atoms with E-state index in [4.69, 9.17) is 0 Å². The summed E-state index contributed by atoms with van der Waals surface area (Å²) >= 11 is 0. The van der Waals surface area contributed by atoms with E-state index in [2.05, 4.69) is 11.4 Å². The van der Waals surface area contributed by atoms with Crippen LogP contribution < -0.4 is 5.32 Å². The minimum atomic E-state index is -0.840. The highest BCUT2D eigenvalue weighted by atomic mass is 16.4. The van der Waals surface area contributed by atoms with Gasteiger partial charge in [-0.25, -0.2) is 0 Å². The number of fused-ring (bicyclic) bond motifs is 1. The number of anilines is 1. The van der Waals surface area contributed by atoms with Crippen LogP contribution in [0.4, 0.5) is 5.69 Å². The van der Waals surface area contributed by atoms with Gasteiger partial charge in [0, 0.05) is 5.69 Å². The highest BCUT2D eigenvalue weighted by Crippen LogP contribution is 2.63. The number of para-hydroxylation sites is 1. The fourth-order valence-electron chi connectivity index (χ4n) is 4.32. The van der Waals surface area contributed by atoms with Crippen LogP contribution in [0.15, 0.2) is 42.5 Å². The summed E-state index contributed by atoms with van der Waals surface area (Å²) in [6.07, 6.45) is 5.18. The minimum Gasteiger partial charge on any atom is -0.481 e. The molecule has 4 aliphatic rings. The lowest BCUT2D eigenvalue weighted by Crippen LogP contribution is -2.48. The Hall–Kier alpha value is -2.10. The van der Waals surface area contributed by atoms with Crippen molar-refractivity contribution in [2.45, 2.75) is 6.42 Å². The lowest BCUT2D eigenvalue weighted by atomic mass is 9.62. The summed E-state index contributed by atoms with van der Waals surface area (Å²) in [5.41, 5.74) is 0.726. The third-order valence-electron chi connectivity index (χ3n) is 5.28. The van der Waals surface area contributed by atoms with E-state index >= 15 is 0 Å². The highest BCUT2D eigenvalue weighted by molar-refractivity contribution is 5.96. The number of carbonyl (C=O) groups excluding carboxylic acids is 1. The lowest BCUT2D eigenvalue weighted by Gasteiger charge is -2.41. The van der Waals surface area contributed by atoms with Crippen molar-refractivity contribution < 1.29 is 14.7 Å². The van der Waals surface area contributed by atoms with E-state index in [9.17, 15) is 14.7 Å². The Morgan fingerprint density at radius 1 is 1.00 bits per heavy atom. The fourth-order valence-corrected chi connectivity index (χ4v) is 4.32. The Morgan fingerprint density at radius 2 is 1.62 bits per heavy atom. The molecular weight excluding hydrogens is 266 g/mol. The maximum absolute atomic E-state index is 12.6. The molecule has 0 saturated heterocycles. The molecule has 6 unspecified atom stereocenters. The van der Waals surface area contributed by atoms with Crippen molar-refractivity contribution in [1.29, 1.82) is 0 Å². The van der Waals surface area contributed by atoms with Gasteiger partial charge >= 0.3 is 5.97 Å². The average Bonchev–Trinajstić information content (AvgIpc) is 3.29. The number of hydrogen-bond donors (Lipinski definition) is 2. The van der Waals surface area contributed by atoms with Crippen molar-refractivity contribution in [2.75, 3.05) is 5.32 Å². The molecule has 1 aromatic rings. The molecule has 21 heavy (non-hydrogen) atoms. The Morgan fingerprint density at radius 3 is 2.24 bits per heavy atom. The second kappa shape index (κ2) is 4.45. The summed E-state index contributed by atoms with van der Waals surface area (Å²) in [4.78, 5) is 24.3. The predicted molar refractivity (Wildman–Crippen MR) is 77.4 cm³/mol. The number of nitrogens with one attached hydrogen (secondary N) is 1. The second-order valence-corrected chi connectivity index (χ2v) is 6.35. The third kappa shape index (κ3) is 1.89. The van der Waals surface area contributed by atoms with Crippen LogP contribution in [0.3, 0.4) is 0 Å². The smallest absolute Gasteiger partial charge is 0.307 e. The monoisotopic (exact) mass is 283 g/mol. The SMILES string of the molecule is O=C(O)C1C2C=CC(C3CC23)C1C(=O)Nc1ccccc1. The van der Waals surface area contributed by atoms with Gasteiger partial charge in [0.25, 0.3) is 0 Å². The maximum Gasteiger partial charge on any atom is 0.307 e. The zero-order chi connectivity index (χ0) is 14.6. The third-order valence-corrected chi connectivity index (χ3v) is 5.28. The molecule has 108 valence electrons. The first kappa shape index (κ1) is 12.6. The van der Waals surface area contributed by atoms with Gasteiger partial charge < -0.3 is 10.4 Å². The summed E-state index contributed by atoms with van der Waals surface area (Å²) in [5.74, 6) is -0.891. The zero-order valence-electron chi connectivity index (χ0n) is 11.5. The van der Waals surface area contributed by atoms with Crippen LogP contribution in [-0.4, -0.2) is 17.0 Å². The summed E-state index contributed by atoms with van der Waals surface area (Å²) < 4.78 is 0. The van der Waals surface area contributed by atoms with Gasteiger partial charge in [0.1, 0.15) is 0 Å². The van der Waals surface area contributed by atoms with Crippen LogP contribution in [0.25, 0.3) is 0 Å². The molecule has 4 nitrogen and oxygen atoms in total. The van der Waals surface area contributed by atoms with Gasteiger partial charge in [0.15, 0.2) is 0 Å². The molecule has 0 radical (unpaired) electrons. The number of carboxylic acid groups (broad SMARTS) is 1. The van der Waals surface area contributed by atoms with Crippen LogP contribution in [0.1, 0.15) is 6.42 Å². The summed E-state index contributed by atoms with van der Waals surface area (Å²) in [6, 6.07) is 9.24. The summed E-state index contributed by atoms with van der Waals surface area (Å²) in [5, 5.41) is 12.5. The van der Waals surface area contributed by atoms with Crippen LogP contribution in [0.5, 0.6) is 0 Å². The van der Waals surface area contributed by atoms with Crippen LogP contribution >= 0.6 is 0 Å². The summed E-state index contributed by atoms with van der Waals surface area (Å²) in [6.45, 7) is 0. The van der Waals surface area contributed by atoms with E-state index in [1.54, 1.807) is 0 Å². The second-order valence-electron chi connectivity index (χ2n) is 6.35. The quantitative estimate of drug-likeness (QED) is 0.837. The number of hydrogen-bond acceptors (Lipinski definition) is 2. The molecule has 2 bridgehead atoms. The van der Waals surface area contributed by atoms with Crippen LogP contribution in [0, 0.1) is 35.5 Å². The zero-order valence-corrected chi connectivity index (χ0v) is 11.5. The van der Waals surface area contributed by atoms with Crippen molar-refractivity contribution in [3.63, 3.8) is 0 Å². The molecular formula is C17H17NO3. The first-order valence-electron chi connectivity index (χ1n) is 7.44. The molecule has 4 aliphatic carbocycles. The maximum atomic E-state index is 12.6. The molecule has 4 heteroatoms. The molecule has 2 fully saturated rings. The van der Waals surface area contributed by atoms with Crippen molar-refractivity contribution in [3.05, 3.63) is 42.5 Å². The lowest BCUT2D eigenvalue weighted by molar-refractivity contribution is -0.152. The largest absolute Gasteiger partial charge is 0.481 e. The summed E-state index contributed by atoms with van der Waals surface area (Å²) in [7, 11) is 0. The molecule has 2 saturated carbocycles. The van der Waals surface area contributed by atoms with E-state index in [1.807, 2.05) is 36.4 Å². The van der Waals surface area contributed by atoms with Crippen LogP contribution in [-0.2, 0) is 9.59 Å². The van der Waals surface area contributed by atoms with Gasteiger partial charge in [-0.1, -0.05) is 30.4 Å². The van der Waals surface area contributed by atoms with E-state index in [0.717, 1.165) is 12.1 Å². The van der Waals surface area contributed by atoms with Gasteiger partial charge in [-0.3, -0.25) is 9.59 Å². The number of benzene rings is 1. The Balaban J connectivity index is 1.62. The first-order valence-corrected chi connectivity index (χ1v) is 7.44. The fraction of sp³-hybridized carbons (Fsp3) is 0.412. The number of amides is 1. The average molecular weight is 283 g/mol. The number of carbonyl (C=O) groups is 2. The molecule has 1 aromatic carbocycles. The standard InChI is InChI=1S/C17H17NO3/c19-16(18-9-4-2-1-3-5-9)14-10-6-7-11(13-8-12(10)13)15(14)17(20)21/h1-7,10-15H,8H2,(H,18,19)(H,20,21). The molecule has 2 N–H and O–H groups in total. The number of aliphatic carboxylic acids is 1. The number of carboxylic acids is 1. The molecule has 6 atom stereocenters. The Bertz CT molecular complexity index is 624. The van der Waals surface area contributed by atoms with Gasteiger partial charge in [-0.15, -0.1) is 0 Å². The molecule has 0 spiro atoms. The Labute approximate surface area is 122 Å². The van der Waals surface area contributed by atoms with Crippen LogP contribution in [0.2, 0.25) is 0 Å². The van der Waals surface area contributed by atoms with Gasteiger partial charge in [0.2, 0.25) is 5.91 Å². The molecule has 0 aliphatic heterocycles. The topological polar surface area (TPSA) is 66.4 Å². The predicted octanol–water partition coefficient (Wildman–Crippen LogP) is 2.39. The number of allylic oxidation sites excluding steroid dienone is 2.